The molecule has 1 saturated carbocycles. The van der Waals surface area contributed by atoms with Crippen molar-refractivity contribution >= 4 is 17.4 Å². The number of carbonyl (C=O) groups is 1. The highest BCUT2D eigenvalue weighted by atomic mass is 16.1. The molecule has 5 heteroatoms. The average Bonchev–Trinajstić information content (AvgIpc) is 3.13. The minimum Gasteiger partial charge on any atom is -0.384 e. The van der Waals surface area contributed by atoms with E-state index in [-0.39, 0.29) is 5.91 Å². The molecule has 0 unspecified atom stereocenters. The van der Waals surface area contributed by atoms with Gasteiger partial charge in [-0.1, -0.05) is 0 Å². The number of hydrogen-bond donors (Lipinski definition) is 3. The van der Waals surface area contributed by atoms with Crippen molar-refractivity contribution in [2.45, 2.75) is 25.3 Å². The molecule has 1 aliphatic carbocycles. The fourth-order valence-corrected chi connectivity index (χ4v) is 1.53. The van der Waals surface area contributed by atoms with Gasteiger partial charge in [-0.25, -0.2) is 4.98 Å². The zero-order valence-electron chi connectivity index (χ0n) is 9.99. The fraction of sp³-hybridized carbons (Fsp3) is 0.500. The van der Waals surface area contributed by atoms with Gasteiger partial charge in [-0.2, -0.15) is 0 Å². The number of nitrogens with zero attached hydrogens (tertiary/aromatic N) is 1. The van der Waals surface area contributed by atoms with Gasteiger partial charge in [0.25, 0.3) is 0 Å². The second-order valence-corrected chi connectivity index (χ2v) is 4.20. The molecular weight excluding hydrogens is 216 g/mol. The average molecular weight is 234 g/mol. The molecule has 3 N–H and O–H groups in total. The standard InChI is InChI=1S/C12H18N4O/c1-13-11-8-10(4-6-15-11)14-7-5-12(17)16-9-2-3-9/h4,6,8-9H,2-3,5,7H2,1H3,(H,16,17)(H2,13,14,15). The molecule has 17 heavy (non-hydrogen) atoms. The van der Waals surface area contributed by atoms with Crippen LogP contribution in [0.4, 0.5) is 11.5 Å². The zero-order valence-corrected chi connectivity index (χ0v) is 9.99. The predicted octanol–water partition coefficient (Wildman–Crippen LogP) is 1.20. The molecule has 1 aromatic rings. The van der Waals surface area contributed by atoms with Gasteiger partial charge in [-0.15, -0.1) is 0 Å². The summed E-state index contributed by atoms with van der Waals surface area (Å²) in [5.41, 5.74) is 0.976. The molecule has 5 nitrogen and oxygen atoms in total. The van der Waals surface area contributed by atoms with E-state index in [1.807, 2.05) is 19.2 Å². The van der Waals surface area contributed by atoms with Crippen molar-refractivity contribution in [3.05, 3.63) is 18.3 Å². The lowest BCUT2D eigenvalue weighted by molar-refractivity contribution is -0.120. The van der Waals surface area contributed by atoms with E-state index < -0.39 is 0 Å². The van der Waals surface area contributed by atoms with Gasteiger partial charge in [-0.05, 0) is 18.9 Å². The smallest absolute Gasteiger partial charge is 0.221 e. The summed E-state index contributed by atoms with van der Waals surface area (Å²) in [5, 5.41) is 9.13. The molecule has 1 aliphatic rings. The van der Waals surface area contributed by atoms with Crippen LogP contribution in [-0.4, -0.2) is 30.5 Å². The summed E-state index contributed by atoms with van der Waals surface area (Å²) in [6.45, 7) is 0.645. The Morgan fingerprint density at radius 3 is 3.06 bits per heavy atom. The first kappa shape index (κ1) is 11.7. The van der Waals surface area contributed by atoms with Gasteiger partial charge < -0.3 is 16.0 Å². The summed E-state index contributed by atoms with van der Waals surface area (Å²) in [4.78, 5) is 15.5. The maximum absolute atomic E-state index is 11.4. The van der Waals surface area contributed by atoms with Crippen LogP contribution in [0.15, 0.2) is 18.3 Å². The Morgan fingerprint density at radius 2 is 2.35 bits per heavy atom. The summed E-state index contributed by atoms with van der Waals surface area (Å²) in [6, 6.07) is 4.25. The first-order valence-corrected chi connectivity index (χ1v) is 5.95. The zero-order chi connectivity index (χ0) is 12.1. The SMILES string of the molecule is CNc1cc(NCCC(=O)NC2CC2)ccn1. The van der Waals surface area contributed by atoms with Crippen LogP contribution < -0.4 is 16.0 Å². The lowest BCUT2D eigenvalue weighted by Gasteiger charge is -2.07. The van der Waals surface area contributed by atoms with Gasteiger partial charge in [0, 0.05) is 44.0 Å². The topological polar surface area (TPSA) is 66.0 Å². The Hall–Kier alpha value is -1.78. The van der Waals surface area contributed by atoms with Crippen LogP contribution >= 0.6 is 0 Å². The number of amides is 1. The second-order valence-electron chi connectivity index (χ2n) is 4.20. The van der Waals surface area contributed by atoms with E-state index in [0.29, 0.717) is 19.0 Å². The van der Waals surface area contributed by atoms with Crippen LogP contribution in [0.5, 0.6) is 0 Å². The molecular formula is C12H18N4O. The molecule has 1 heterocycles. The first-order valence-electron chi connectivity index (χ1n) is 5.95. The number of nitrogens with one attached hydrogen (secondary N) is 3. The Balaban J connectivity index is 1.71. The molecule has 1 aromatic heterocycles. The third kappa shape index (κ3) is 3.94. The van der Waals surface area contributed by atoms with Crippen molar-refractivity contribution < 1.29 is 4.79 Å². The molecule has 0 saturated heterocycles. The van der Waals surface area contributed by atoms with E-state index in [1.54, 1.807) is 6.20 Å². The molecule has 1 amide bonds. The number of anilines is 2. The van der Waals surface area contributed by atoms with Crippen molar-refractivity contribution in [2.24, 2.45) is 0 Å². The normalized spacial score (nSPS) is 14.2. The van der Waals surface area contributed by atoms with Crippen LogP contribution in [0.3, 0.4) is 0 Å². The summed E-state index contributed by atoms with van der Waals surface area (Å²) < 4.78 is 0. The minimum atomic E-state index is 0.128. The van der Waals surface area contributed by atoms with E-state index in [9.17, 15) is 4.79 Å². The summed E-state index contributed by atoms with van der Waals surface area (Å²) in [5.74, 6) is 0.945. The van der Waals surface area contributed by atoms with Crippen LogP contribution in [0, 0.1) is 0 Å². The van der Waals surface area contributed by atoms with Gasteiger partial charge in [0.2, 0.25) is 5.91 Å². The van der Waals surface area contributed by atoms with E-state index in [0.717, 1.165) is 24.3 Å². The van der Waals surface area contributed by atoms with Gasteiger partial charge >= 0.3 is 0 Å². The third-order valence-electron chi connectivity index (χ3n) is 2.64. The first-order chi connectivity index (χ1) is 8.28. The van der Waals surface area contributed by atoms with Crippen molar-refractivity contribution in [1.82, 2.24) is 10.3 Å². The van der Waals surface area contributed by atoms with E-state index >= 15 is 0 Å². The quantitative estimate of drug-likeness (QED) is 0.692. The summed E-state index contributed by atoms with van der Waals surface area (Å²) in [6.07, 6.45) is 4.51. The second kappa shape index (κ2) is 5.52. The maximum Gasteiger partial charge on any atom is 0.221 e. The van der Waals surface area contributed by atoms with E-state index in [1.165, 1.54) is 0 Å². The molecule has 2 rings (SSSR count). The van der Waals surface area contributed by atoms with Crippen LogP contribution in [0.25, 0.3) is 0 Å². The van der Waals surface area contributed by atoms with Crippen molar-refractivity contribution in [2.75, 3.05) is 24.2 Å². The molecule has 92 valence electrons. The van der Waals surface area contributed by atoms with Gasteiger partial charge in [0.15, 0.2) is 0 Å². The Kier molecular flexibility index (Phi) is 3.80. The van der Waals surface area contributed by atoms with E-state index in [4.69, 9.17) is 0 Å². The highest BCUT2D eigenvalue weighted by Gasteiger charge is 2.22. The Morgan fingerprint density at radius 1 is 1.53 bits per heavy atom. The van der Waals surface area contributed by atoms with Crippen LogP contribution in [0.1, 0.15) is 19.3 Å². The Labute approximate surface area is 101 Å². The van der Waals surface area contributed by atoms with Gasteiger partial charge in [0.1, 0.15) is 5.82 Å². The Bertz CT molecular complexity index is 390. The number of hydrogen-bond acceptors (Lipinski definition) is 4. The number of rotatable bonds is 6. The monoisotopic (exact) mass is 234 g/mol. The lowest BCUT2D eigenvalue weighted by atomic mass is 10.3. The van der Waals surface area contributed by atoms with Gasteiger partial charge in [0.05, 0.1) is 0 Å². The summed E-state index contributed by atoms with van der Waals surface area (Å²) >= 11 is 0. The number of aromatic nitrogens is 1. The molecule has 1 fully saturated rings. The number of pyridine rings is 1. The van der Waals surface area contributed by atoms with Crippen molar-refractivity contribution in [1.29, 1.82) is 0 Å². The van der Waals surface area contributed by atoms with E-state index in [2.05, 4.69) is 20.9 Å². The molecule has 0 atom stereocenters. The van der Waals surface area contributed by atoms with Crippen molar-refractivity contribution in [3.8, 4) is 0 Å². The van der Waals surface area contributed by atoms with Crippen molar-refractivity contribution in [3.63, 3.8) is 0 Å². The third-order valence-corrected chi connectivity index (χ3v) is 2.64. The predicted molar refractivity (Wildman–Crippen MR) is 68.1 cm³/mol. The van der Waals surface area contributed by atoms with Crippen LogP contribution in [0.2, 0.25) is 0 Å². The fourth-order valence-electron chi connectivity index (χ4n) is 1.53. The maximum atomic E-state index is 11.4. The lowest BCUT2D eigenvalue weighted by Crippen LogP contribution is -2.27. The van der Waals surface area contributed by atoms with Crippen LogP contribution in [-0.2, 0) is 4.79 Å². The molecule has 0 bridgehead atoms. The molecule has 0 spiro atoms. The highest BCUT2D eigenvalue weighted by molar-refractivity contribution is 5.77. The number of carbonyl (C=O) groups excluding carboxylic acids is 1. The van der Waals surface area contributed by atoms with Gasteiger partial charge in [-0.3, -0.25) is 4.79 Å². The highest BCUT2D eigenvalue weighted by Crippen LogP contribution is 2.18. The minimum absolute atomic E-state index is 0.128. The molecule has 0 radical (unpaired) electrons. The largest absolute Gasteiger partial charge is 0.384 e. The molecule has 0 aromatic carbocycles. The summed E-state index contributed by atoms with van der Waals surface area (Å²) in [7, 11) is 1.83. The molecule has 0 aliphatic heterocycles.